The van der Waals surface area contributed by atoms with Crippen molar-refractivity contribution in [2.75, 3.05) is 11.9 Å². The fourth-order valence-corrected chi connectivity index (χ4v) is 1.93. The van der Waals surface area contributed by atoms with Gasteiger partial charge in [0, 0.05) is 13.2 Å². The predicted octanol–water partition coefficient (Wildman–Crippen LogP) is 3.07. The summed E-state index contributed by atoms with van der Waals surface area (Å²) in [4.78, 5) is 6.33. The number of hydrogen-bond donors (Lipinski definition) is 0. The van der Waals surface area contributed by atoms with Gasteiger partial charge in [0.25, 0.3) is 0 Å². The average Bonchev–Trinajstić information content (AvgIpc) is 2.71. The monoisotopic (exact) mass is 266 g/mol. The van der Waals surface area contributed by atoms with Gasteiger partial charge in [-0.2, -0.15) is 0 Å². The van der Waals surface area contributed by atoms with Gasteiger partial charge in [-0.3, -0.25) is 0 Å². The van der Waals surface area contributed by atoms with E-state index in [1.807, 2.05) is 36.2 Å². The van der Waals surface area contributed by atoms with Gasteiger partial charge in [0.1, 0.15) is 11.6 Å². The summed E-state index contributed by atoms with van der Waals surface area (Å²) in [7, 11) is 1.98. The number of aromatic nitrogens is 1. The van der Waals surface area contributed by atoms with E-state index in [1.165, 1.54) is 0 Å². The first kappa shape index (κ1) is 10.2. The molecular formula is C11H11BrN2O. The summed E-state index contributed by atoms with van der Waals surface area (Å²) in [5.74, 6) is 1.84. The smallest absolute Gasteiger partial charge is 0.143 e. The van der Waals surface area contributed by atoms with Crippen LogP contribution in [0.15, 0.2) is 45.6 Å². The van der Waals surface area contributed by atoms with E-state index in [2.05, 4.69) is 20.9 Å². The molecule has 0 fully saturated rings. The minimum atomic E-state index is 0.711. The number of anilines is 1. The highest BCUT2D eigenvalue weighted by molar-refractivity contribution is 9.10. The Morgan fingerprint density at radius 2 is 2.27 bits per heavy atom. The molecular weight excluding hydrogens is 256 g/mol. The van der Waals surface area contributed by atoms with Crippen molar-refractivity contribution in [1.82, 2.24) is 4.98 Å². The van der Waals surface area contributed by atoms with Gasteiger partial charge >= 0.3 is 0 Å². The fraction of sp³-hybridized carbons (Fsp3) is 0.182. The molecule has 0 spiro atoms. The number of pyridine rings is 1. The molecule has 4 heteroatoms. The highest BCUT2D eigenvalue weighted by Gasteiger charge is 2.08. The predicted molar refractivity (Wildman–Crippen MR) is 62.8 cm³/mol. The SMILES string of the molecule is CN(Cc1ccco1)c1ncccc1Br. The lowest BCUT2D eigenvalue weighted by atomic mass is 10.4. The molecule has 15 heavy (non-hydrogen) atoms. The molecule has 0 aromatic carbocycles. The first-order chi connectivity index (χ1) is 7.27. The molecule has 0 saturated heterocycles. The summed E-state index contributed by atoms with van der Waals surface area (Å²) >= 11 is 3.47. The van der Waals surface area contributed by atoms with Crippen LogP contribution in [-0.2, 0) is 6.54 Å². The Labute approximate surface area is 96.9 Å². The Morgan fingerprint density at radius 3 is 2.93 bits per heavy atom. The minimum Gasteiger partial charge on any atom is -0.467 e. The van der Waals surface area contributed by atoms with Crippen molar-refractivity contribution in [3.63, 3.8) is 0 Å². The molecule has 78 valence electrons. The molecule has 0 aliphatic carbocycles. The Morgan fingerprint density at radius 1 is 1.40 bits per heavy atom. The molecule has 0 bridgehead atoms. The minimum absolute atomic E-state index is 0.711. The van der Waals surface area contributed by atoms with Crippen LogP contribution in [-0.4, -0.2) is 12.0 Å². The summed E-state index contributed by atoms with van der Waals surface area (Å²) in [6.07, 6.45) is 3.45. The van der Waals surface area contributed by atoms with Crippen molar-refractivity contribution >= 4 is 21.7 Å². The average molecular weight is 267 g/mol. The van der Waals surface area contributed by atoms with Crippen LogP contribution in [0, 0.1) is 0 Å². The quantitative estimate of drug-likeness (QED) is 0.855. The number of halogens is 1. The van der Waals surface area contributed by atoms with Gasteiger partial charge < -0.3 is 9.32 Å². The third-order valence-corrected chi connectivity index (χ3v) is 2.69. The van der Waals surface area contributed by atoms with E-state index in [4.69, 9.17) is 4.42 Å². The largest absolute Gasteiger partial charge is 0.467 e. The molecule has 0 saturated carbocycles. The maximum absolute atomic E-state index is 5.28. The van der Waals surface area contributed by atoms with Gasteiger partial charge in [-0.15, -0.1) is 0 Å². The molecule has 0 N–H and O–H groups in total. The summed E-state index contributed by atoms with van der Waals surface area (Å²) in [5, 5.41) is 0. The first-order valence-electron chi connectivity index (χ1n) is 4.61. The van der Waals surface area contributed by atoms with Gasteiger partial charge in [0.05, 0.1) is 17.3 Å². The van der Waals surface area contributed by atoms with Crippen LogP contribution >= 0.6 is 15.9 Å². The second-order valence-electron chi connectivity index (χ2n) is 3.24. The van der Waals surface area contributed by atoms with Crippen LogP contribution in [0.2, 0.25) is 0 Å². The lowest BCUT2D eigenvalue weighted by molar-refractivity contribution is 0.507. The highest BCUT2D eigenvalue weighted by atomic mass is 79.9. The Balaban J connectivity index is 2.15. The van der Waals surface area contributed by atoms with Gasteiger partial charge in [-0.25, -0.2) is 4.98 Å². The van der Waals surface area contributed by atoms with Gasteiger partial charge in [-0.05, 0) is 40.2 Å². The van der Waals surface area contributed by atoms with Crippen molar-refractivity contribution in [2.45, 2.75) is 6.54 Å². The van der Waals surface area contributed by atoms with E-state index in [9.17, 15) is 0 Å². The zero-order valence-corrected chi connectivity index (χ0v) is 9.94. The first-order valence-corrected chi connectivity index (χ1v) is 5.40. The maximum atomic E-state index is 5.28. The van der Waals surface area contributed by atoms with E-state index in [0.717, 1.165) is 16.1 Å². The Hall–Kier alpha value is -1.29. The van der Waals surface area contributed by atoms with Crippen LogP contribution in [0.5, 0.6) is 0 Å². The molecule has 0 aliphatic rings. The Bertz CT molecular complexity index is 428. The maximum Gasteiger partial charge on any atom is 0.143 e. The molecule has 0 unspecified atom stereocenters. The van der Waals surface area contributed by atoms with Gasteiger partial charge in [0.2, 0.25) is 0 Å². The van der Waals surface area contributed by atoms with Gasteiger partial charge in [-0.1, -0.05) is 0 Å². The molecule has 2 rings (SSSR count). The van der Waals surface area contributed by atoms with Crippen molar-refractivity contribution < 1.29 is 4.42 Å². The summed E-state index contributed by atoms with van der Waals surface area (Å²) in [6, 6.07) is 7.71. The Kier molecular flexibility index (Phi) is 3.06. The van der Waals surface area contributed by atoms with E-state index >= 15 is 0 Å². The molecule has 0 atom stereocenters. The van der Waals surface area contributed by atoms with Crippen molar-refractivity contribution in [1.29, 1.82) is 0 Å². The molecule has 2 heterocycles. The van der Waals surface area contributed by atoms with E-state index < -0.39 is 0 Å². The second kappa shape index (κ2) is 4.49. The number of furan rings is 1. The van der Waals surface area contributed by atoms with Crippen molar-refractivity contribution in [3.8, 4) is 0 Å². The fourth-order valence-electron chi connectivity index (χ4n) is 1.37. The lowest BCUT2D eigenvalue weighted by Gasteiger charge is -2.17. The zero-order chi connectivity index (χ0) is 10.7. The topological polar surface area (TPSA) is 29.3 Å². The van der Waals surface area contributed by atoms with Crippen molar-refractivity contribution in [2.24, 2.45) is 0 Å². The van der Waals surface area contributed by atoms with E-state index in [1.54, 1.807) is 12.5 Å². The number of hydrogen-bond acceptors (Lipinski definition) is 3. The third-order valence-electron chi connectivity index (χ3n) is 2.07. The van der Waals surface area contributed by atoms with Crippen LogP contribution in [0.25, 0.3) is 0 Å². The van der Waals surface area contributed by atoms with Crippen molar-refractivity contribution in [3.05, 3.63) is 47.0 Å². The van der Waals surface area contributed by atoms with Crippen LogP contribution in [0.4, 0.5) is 5.82 Å². The lowest BCUT2D eigenvalue weighted by Crippen LogP contribution is -2.17. The molecule has 2 aromatic heterocycles. The third kappa shape index (κ3) is 2.39. The van der Waals surface area contributed by atoms with Crippen LogP contribution in [0.1, 0.15) is 5.76 Å². The normalized spacial score (nSPS) is 10.3. The van der Waals surface area contributed by atoms with E-state index in [0.29, 0.717) is 6.54 Å². The molecule has 2 aromatic rings. The second-order valence-corrected chi connectivity index (χ2v) is 4.10. The molecule has 3 nitrogen and oxygen atoms in total. The van der Waals surface area contributed by atoms with Crippen LogP contribution < -0.4 is 4.90 Å². The summed E-state index contributed by atoms with van der Waals surface area (Å²) in [5.41, 5.74) is 0. The molecule has 0 radical (unpaired) electrons. The number of nitrogens with zero attached hydrogens (tertiary/aromatic N) is 2. The standard InChI is InChI=1S/C11H11BrN2O/c1-14(8-9-4-3-7-15-9)11-10(12)5-2-6-13-11/h2-7H,8H2,1H3. The molecule has 0 aliphatic heterocycles. The summed E-state index contributed by atoms with van der Waals surface area (Å²) < 4.78 is 6.27. The van der Waals surface area contributed by atoms with Gasteiger partial charge in [0.15, 0.2) is 0 Å². The highest BCUT2D eigenvalue weighted by Crippen LogP contribution is 2.23. The zero-order valence-electron chi connectivity index (χ0n) is 8.35. The number of rotatable bonds is 3. The van der Waals surface area contributed by atoms with Crippen LogP contribution in [0.3, 0.4) is 0 Å². The van der Waals surface area contributed by atoms with E-state index in [-0.39, 0.29) is 0 Å². The summed E-state index contributed by atoms with van der Waals surface area (Å²) in [6.45, 7) is 0.711. The molecule has 0 amide bonds.